The van der Waals surface area contributed by atoms with E-state index in [1.54, 1.807) is 43.8 Å². The molecule has 2 rings (SSSR count). The molecule has 0 atom stereocenters. The Kier molecular flexibility index (Phi) is 7.49. The van der Waals surface area contributed by atoms with Gasteiger partial charge in [-0.05, 0) is 24.6 Å². The van der Waals surface area contributed by atoms with Gasteiger partial charge in [0, 0.05) is 25.2 Å². The Labute approximate surface area is 168 Å². The number of carbonyl (C=O) groups excluding carboxylic acids is 1. The van der Waals surface area contributed by atoms with Gasteiger partial charge in [0.15, 0.2) is 5.96 Å². The number of sulfonamides is 1. The third-order valence-electron chi connectivity index (χ3n) is 3.65. The Hall–Kier alpha value is -2.50. The van der Waals surface area contributed by atoms with Gasteiger partial charge < -0.3 is 15.5 Å². The largest absolute Gasteiger partial charge is 0.350 e. The molecule has 0 aliphatic heterocycles. The van der Waals surface area contributed by atoms with E-state index in [9.17, 15) is 13.2 Å². The minimum Gasteiger partial charge on any atom is -0.350 e. The number of thiazole rings is 1. The summed E-state index contributed by atoms with van der Waals surface area (Å²) < 4.78 is 22.7. The zero-order valence-corrected chi connectivity index (χ0v) is 17.6. The molecular weight excluding hydrogens is 400 g/mol. The third-order valence-corrected chi connectivity index (χ3v) is 5.50. The molecule has 0 radical (unpaired) electrons. The van der Waals surface area contributed by atoms with Gasteiger partial charge in [0.2, 0.25) is 15.9 Å². The smallest absolute Gasteiger partial charge is 0.241 e. The van der Waals surface area contributed by atoms with Crippen molar-refractivity contribution in [1.82, 2.24) is 20.5 Å². The summed E-state index contributed by atoms with van der Waals surface area (Å²) in [5, 5.41) is 12.1. The van der Waals surface area contributed by atoms with Gasteiger partial charge in [-0.2, -0.15) is 0 Å². The van der Waals surface area contributed by atoms with E-state index >= 15 is 0 Å². The molecule has 28 heavy (non-hydrogen) atoms. The average Bonchev–Trinajstić information content (AvgIpc) is 3.05. The van der Waals surface area contributed by atoms with Gasteiger partial charge in [0.05, 0.1) is 24.5 Å². The molecule has 0 aliphatic rings. The number of nitrogens with two attached hydrogens (primary N) is 1. The quantitative estimate of drug-likeness (QED) is 0.436. The van der Waals surface area contributed by atoms with Crippen molar-refractivity contribution in [1.29, 1.82) is 0 Å². The first-order valence-electron chi connectivity index (χ1n) is 8.40. The van der Waals surface area contributed by atoms with E-state index in [4.69, 9.17) is 5.14 Å². The molecule has 0 aliphatic carbocycles. The van der Waals surface area contributed by atoms with Crippen LogP contribution in [0.1, 0.15) is 15.4 Å². The fourth-order valence-corrected chi connectivity index (χ4v) is 3.33. The van der Waals surface area contributed by atoms with Crippen LogP contribution in [0.4, 0.5) is 0 Å². The first kappa shape index (κ1) is 21.8. The third kappa shape index (κ3) is 6.91. The van der Waals surface area contributed by atoms with Gasteiger partial charge in [-0.1, -0.05) is 12.1 Å². The first-order chi connectivity index (χ1) is 13.1. The van der Waals surface area contributed by atoms with Crippen molar-refractivity contribution < 1.29 is 13.2 Å². The molecule has 0 saturated heterocycles. The molecule has 0 fully saturated rings. The molecule has 1 aromatic heterocycles. The summed E-state index contributed by atoms with van der Waals surface area (Å²) in [7, 11) is -0.362. The lowest BCUT2D eigenvalue weighted by atomic mass is 10.2. The number of nitrogens with one attached hydrogen (secondary N) is 2. The Bertz CT molecular complexity index is 936. The SMILES string of the molecule is Cc1cnc(CNC(=NCc2ccc(S(N)(=O)=O)cc2)NCC(=O)N(C)C)s1. The van der Waals surface area contributed by atoms with E-state index in [0.717, 1.165) is 15.4 Å². The Morgan fingerprint density at radius 3 is 2.46 bits per heavy atom. The number of rotatable bonds is 7. The zero-order valence-electron chi connectivity index (χ0n) is 16.0. The Morgan fingerprint density at radius 1 is 1.25 bits per heavy atom. The molecule has 1 amide bonds. The number of likely N-dealkylation sites (N-methyl/N-ethyl adjacent to an activating group) is 1. The number of hydrogen-bond donors (Lipinski definition) is 3. The molecule has 152 valence electrons. The van der Waals surface area contributed by atoms with E-state index in [1.807, 2.05) is 6.92 Å². The number of guanidine groups is 1. The zero-order chi connectivity index (χ0) is 20.7. The van der Waals surface area contributed by atoms with Crippen LogP contribution in [0.25, 0.3) is 0 Å². The summed E-state index contributed by atoms with van der Waals surface area (Å²) in [6.45, 7) is 2.85. The fourth-order valence-electron chi connectivity index (χ4n) is 2.09. The van der Waals surface area contributed by atoms with Crippen molar-refractivity contribution in [2.24, 2.45) is 10.1 Å². The highest BCUT2D eigenvalue weighted by Gasteiger charge is 2.09. The van der Waals surface area contributed by atoms with E-state index in [0.29, 0.717) is 19.0 Å². The highest BCUT2D eigenvalue weighted by atomic mass is 32.2. The predicted molar refractivity (Wildman–Crippen MR) is 109 cm³/mol. The minimum atomic E-state index is -3.72. The number of benzene rings is 1. The Morgan fingerprint density at radius 2 is 1.93 bits per heavy atom. The summed E-state index contributed by atoms with van der Waals surface area (Å²) in [5.74, 6) is 0.371. The lowest BCUT2D eigenvalue weighted by Gasteiger charge is -2.14. The van der Waals surface area contributed by atoms with Crippen LogP contribution in [0.3, 0.4) is 0 Å². The molecule has 1 aromatic carbocycles. The lowest BCUT2D eigenvalue weighted by molar-refractivity contribution is -0.127. The first-order valence-corrected chi connectivity index (χ1v) is 10.8. The number of aliphatic imine (C=N–C) groups is 1. The monoisotopic (exact) mass is 424 g/mol. The summed E-state index contributed by atoms with van der Waals surface area (Å²) in [6.07, 6.45) is 1.80. The summed E-state index contributed by atoms with van der Waals surface area (Å²) in [5.41, 5.74) is 0.803. The van der Waals surface area contributed by atoms with E-state index in [-0.39, 0.29) is 17.3 Å². The van der Waals surface area contributed by atoms with Gasteiger partial charge in [-0.15, -0.1) is 11.3 Å². The van der Waals surface area contributed by atoms with Crippen LogP contribution in [0.15, 0.2) is 40.4 Å². The van der Waals surface area contributed by atoms with Crippen LogP contribution >= 0.6 is 11.3 Å². The maximum absolute atomic E-state index is 11.8. The molecule has 0 saturated carbocycles. The molecule has 2 aromatic rings. The average molecular weight is 425 g/mol. The van der Waals surface area contributed by atoms with Gasteiger partial charge in [-0.25, -0.2) is 23.5 Å². The van der Waals surface area contributed by atoms with Crippen LogP contribution in [-0.4, -0.2) is 50.8 Å². The van der Waals surface area contributed by atoms with Crippen LogP contribution < -0.4 is 15.8 Å². The highest BCUT2D eigenvalue weighted by Crippen LogP contribution is 2.11. The molecule has 0 bridgehead atoms. The number of nitrogens with zero attached hydrogens (tertiary/aromatic N) is 3. The molecule has 9 nitrogen and oxygen atoms in total. The summed E-state index contributed by atoms with van der Waals surface area (Å²) >= 11 is 1.58. The Balaban J connectivity index is 2.06. The van der Waals surface area contributed by atoms with Gasteiger partial charge in [0.1, 0.15) is 5.01 Å². The van der Waals surface area contributed by atoms with Crippen molar-refractivity contribution in [3.63, 3.8) is 0 Å². The van der Waals surface area contributed by atoms with Crippen molar-refractivity contribution in [3.8, 4) is 0 Å². The van der Waals surface area contributed by atoms with Crippen LogP contribution in [0.2, 0.25) is 0 Å². The highest BCUT2D eigenvalue weighted by molar-refractivity contribution is 7.89. The van der Waals surface area contributed by atoms with Crippen molar-refractivity contribution in [3.05, 3.63) is 45.9 Å². The van der Waals surface area contributed by atoms with Crippen molar-refractivity contribution >= 4 is 33.2 Å². The molecule has 1 heterocycles. The second-order valence-electron chi connectivity index (χ2n) is 6.21. The number of amides is 1. The van der Waals surface area contributed by atoms with Crippen LogP contribution in [0.5, 0.6) is 0 Å². The van der Waals surface area contributed by atoms with Gasteiger partial charge in [0.25, 0.3) is 0 Å². The second-order valence-corrected chi connectivity index (χ2v) is 9.09. The minimum absolute atomic E-state index is 0.0485. The van der Waals surface area contributed by atoms with Gasteiger partial charge in [-0.3, -0.25) is 4.79 Å². The van der Waals surface area contributed by atoms with Gasteiger partial charge >= 0.3 is 0 Å². The van der Waals surface area contributed by atoms with Crippen molar-refractivity contribution in [2.75, 3.05) is 20.6 Å². The molecular formula is C17H24N6O3S2. The number of hydrogen-bond acceptors (Lipinski definition) is 6. The molecule has 0 unspecified atom stereocenters. The predicted octanol–water partition coefficient (Wildman–Crippen LogP) is 0.423. The summed E-state index contributed by atoms with van der Waals surface area (Å²) in [4.78, 5) is 23.2. The van der Waals surface area contributed by atoms with E-state index < -0.39 is 10.0 Å². The molecule has 11 heteroatoms. The standard InChI is InChI=1S/C17H24N6O3S2/c1-12-8-19-15(27-12)10-21-17(22-11-16(24)23(2)3)20-9-13-4-6-14(7-5-13)28(18,25)26/h4-8H,9-11H2,1-3H3,(H2,18,25,26)(H2,20,21,22). The molecule has 0 spiro atoms. The number of aryl methyl sites for hydroxylation is 1. The van der Waals surface area contributed by atoms with Crippen LogP contribution in [-0.2, 0) is 27.9 Å². The maximum Gasteiger partial charge on any atom is 0.241 e. The second kappa shape index (κ2) is 9.62. The molecule has 4 N–H and O–H groups in total. The number of aromatic nitrogens is 1. The van der Waals surface area contributed by atoms with E-state index in [2.05, 4.69) is 20.6 Å². The number of primary sulfonamides is 1. The number of carbonyl (C=O) groups is 1. The topological polar surface area (TPSA) is 130 Å². The van der Waals surface area contributed by atoms with Crippen molar-refractivity contribution in [2.45, 2.75) is 24.9 Å². The summed E-state index contributed by atoms with van der Waals surface area (Å²) in [6, 6.07) is 6.18. The normalized spacial score (nSPS) is 11.9. The lowest BCUT2D eigenvalue weighted by Crippen LogP contribution is -2.42. The maximum atomic E-state index is 11.8. The fraction of sp³-hybridized carbons (Fsp3) is 0.353. The van der Waals surface area contributed by atoms with Crippen LogP contribution in [0, 0.1) is 6.92 Å². The van der Waals surface area contributed by atoms with E-state index in [1.165, 1.54) is 17.0 Å².